The topological polar surface area (TPSA) is 91.4 Å². The summed E-state index contributed by atoms with van der Waals surface area (Å²) < 4.78 is 31.2. The second kappa shape index (κ2) is 4.55. The van der Waals surface area contributed by atoms with Gasteiger partial charge in [0.25, 0.3) is 5.89 Å². The lowest BCUT2D eigenvalue weighted by molar-refractivity contribution is 0.432. The number of hydrogen-bond acceptors (Lipinski definition) is 5. The third kappa shape index (κ3) is 2.01. The lowest BCUT2D eigenvalue weighted by Gasteiger charge is -1.95. The van der Waals surface area contributed by atoms with Gasteiger partial charge in [-0.25, -0.2) is 8.78 Å². The van der Waals surface area contributed by atoms with Gasteiger partial charge in [0.1, 0.15) is 23.4 Å². The summed E-state index contributed by atoms with van der Waals surface area (Å²) in [6, 6.07) is 4.78. The van der Waals surface area contributed by atoms with Gasteiger partial charge in [0.2, 0.25) is 5.82 Å². The molecule has 2 aromatic heterocycles. The normalized spacial score (nSPS) is 10.4. The fraction of sp³-hybridized carbons (Fsp3) is 0. The molecular weight excluding hydrogens is 268 g/mol. The van der Waals surface area contributed by atoms with E-state index in [4.69, 9.17) is 9.78 Å². The summed E-state index contributed by atoms with van der Waals surface area (Å²) in [5.41, 5.74) is 0.619. The highest BCUT2D eigenvalue weighted by molar-refractivity contribution is 5.62. The van der Waals surface area contributed by atoms with Crippen LogP contribution in [0.2, 0.25) is 0 Å². The summed E-state index contributed by atoms with van der Waals surface area (Å²) in [6.07, 6.45) is 1.35. The van der Waals surface area contributed by atoms with Crippen molar-refractivity contribution >= 4 is 0 Å². The van der Waals surface area contributed by atoms with Crippen molar-refractivity contribution in [1.29, 1.82) is 5.26 Å². The maximum atomic E-state index is 13.1. The average molecular weight is 273 g/mol. The van der Waals surface area contributed by atoms with Gasteiger partial charge >= 0.3 is 0 Å². The molecule has 6 nitrogen and oxygen atoms in total. The predicted octanol–water partition coefficient (Wildman–Crippen LogP) is 2.28. The summed E-state index contributed by atoms with van der Waals surface area (Å²) in [5, 5.41) is 18.6. The van der Waals surface area contributed by atoms with Crippen LogP contribution >= 0.6 is 0 Å². The Morgan fingerprint density at radius 2 is 1.95 bits per heavy atom. The number of nitrogens with zero attached hydrogens (tertiary/aromatic N) is 4. The van der Waals surface area contributed by atoms with Crippen molar-refractivity contribution in [2.75, 3.05) is 0 Å². The summed E-state index contributed by atoms with van der Waals surface area (Å²) in [7, 11) is 0. The number of benzene rings is 1. The van der Waals surface area contributed by atoms with Crippen LogP contribution in [0.15, 0.2) is 28.9 Å². The van der Waals surface area contributed by atoms with Gasteiger partial charge in [-0.15, -0.1) is 0 Å². The molecule has 98 valence electrons. The van der Waals surface area contributed by atoms with Gasteiger partial charge in [-0.1, -0.05) is 5.16 Å². The van der Waals surface area contributed by atoms with Crippen molar-refractivity contribution in [2.45, 2.75) is 0 Å². The second-order valence-electron chi connectivity index (χ2n) is 3.85. The van der Waals surface area contributed by atoms with Crippen LogP contribution in [0, 0.1) is 23.0 Å². The van der Waals surface area contributed by atoms with Crippen LogP contribution in [0.4, 0.5) is 8.78 Å². The van der Waals surface area contributed by atoms with Gasteiger partial charge in [-0.05, 0) is 12.1 Å². The minimum absolute atomic E-state index is 0.0171. The van der Waals surface area contributed by atoms with Crippen molar-refractivity contribution in [3.8, 4) is 28.9 Å². The van der Waals surface area contributed by atoms with E-state index >= 15 is 0 Å². The molecule has 2 heterocycles. The largest absolute Gasteiger partial charge is 0.333 e. The van der Waals surface area contributed by atoms with E-state index in [1.807, 2.05) is 6.07 Å². The number of aromatic amines is 1. The van der Waals surface area contributed by atoms with Crippen LogP contribution in [0.25, 0.3) is 22.8 Å². The lowest BCUT2D eigenvalue weighted by Crippen LogP contribution is -1.86. The zero-order chi connectivity index (χ0) is 14.1. The maximum Gasteiger partial charge on any atom is 0.262 e. The first-order chi connectivity index (χ1) is 9.67. The Balaban J connectivity index is 2.04. The summed E-state index contributed by atoms with van der Waals surface area (Å²) in [5.74, 6) is -1.43. The Labute approximate surface area is 110 Å². The lowest BCUT2D eigenvalue weighted by atomic mass is 10.2. The molecule has 0 aliphatic carbocycles. The zero-order valence-electron chi connectivity index (χ0n) is 9.76. The maximum absolute atomic E-state index is 13.1. The number of halogens is 2. The van der Waals surface area contributed by atoms with Gasteiger partial charge in [-0.3, -0.25) is 5.10 Å². The molecule has 20 heavy (non-hydrogen) atoms. The monoisotopic (exact) mass is 273 g/mol. The molecule has 0 saturated carbocycles. The summed E-state index contributed by atoms with van der Waals surface area (Å²) in [6.45, 7) is 0. The average Bonchev–Trinajstić information content (AvgIpc) is 3.06. The van der Waals surface area contributed by atoms with Crippen LogP contribution in [0.3, 0.4) is 0 Å². The molecule has 0 aliphatic rings. The fourth-order valence-corrected chi connectivity index (χ4v) is 1.67. The van der Waals surface area contributed by atoms with Crippen molar-refractivity contribution in [1.82, 2.24) is 20.3 Å². The Kier molecular flexibility index (Phi) is 2.72. The van der Waals surface area contributed by atoms with Crippen LogP contribution in [-0.2, 0) is 0 Å². The highest BCUT2D eigenvalue weighted by Gasteiger charge is 2.16. The zero-order valence-corrected chi connectivity index (χ0v) is 9.76. The van der Waals surface area contributed by atoms with E-state index in [1.165, 1.54) is 6.20 Å². The molecule has 0 bridgehead atoms. The van der Waals surface area contributed by atoms with E-state index in [-0.39, 0.29) is 23.0 Å². The Morgan fingerprint density at radius 3 is 2.65 bits per heavy atom. The summed E-state index contributed by atoms with van der Waals surface area (Å²) >= 11 is 0. The van der Waals surface area contributed by atoms with Gasteiger partial charge in [0.05, 0.1) is 11.8 Å². The molecular formula is C12H5F2N5O. The van der Waals surface area contributed by atoms with Gasteiger partial charge in [-0.2, -0.15) is 15.3 Å². The second-order valence-corrected chi connectivity index (χ2v) is 3.85. The van der Waals surface area contributed by atoms with Crippen molar-refractivity contribution in [3.63, 3.8) is 0 Å². The van der Waals surface area contributed by atoms with Gasteiger partial charge in [0, 0.05) is 11.6 Å². The predicted molar refractivity (Wildman–Crippen MR) is 61.9 cm³/mol. The fourth-order valence-electron chi connectivity index (χ4n) is 1.67. The minimum Gasteiger partial charge on any atom is -0.333 e. The smallest absolute Gasteiger partial charge is 0.262 e. The van der Waals surface area contributed by atoms with Gasteiger partial charge < -0.3 is 4.52 Å². The molecule has 0 radical (unpaired) electrons. The molecule has 0 saturated heterocycles. The third-order valence-electron chi connectivity index (χ3n) is 2.53. The SMILES string of the molecule is N#Cc1[nH]ncc1-c1nc(-c2cc(F)cc(F)c2)no1. The quantitative estimate of drug-likeness (QED) is 0.773. The molecule has 0 amide bonds. The van der Waals surface area contributed by atoms with Crippen molar-refractivity contribution in [2.24, 2.45) is 0 Å². The number of H-pyrrole nitrogens is 1. The molecule has 1 N–H and O–H groups in total. The summed E-state index contributed by atoms with van der Waals surface area (Å²) in [4.78, 5) is 3.99. The molecule has 0 unspecified atom stereocenters. The molecule has 0 spiro atoms. The number of aromatic nitrogens is 4. The first kappa shape index (κ1) is 12.0. The van der Waals surface area contributed by atoms with Crippen LogP contribution in [-0.4, -0.2) is 20.3 Å². The third-order valence-corrected chi connectivity index (χ3v) is 2.53. The van der Waals surface area contributed by atoms with Crippen LogP contribution in [0.5, 0.6) is 0 Å². The Bertz CT molecular complexity index is 797. The van der Waals surface area contributed by atoms with E-state index < -0.39 is 11.6 Å². The van der Waals surface area contributed by atoms with Crippen molar-refractivity contribution < 1.29 is 13.3 Å². The number of rotatable bonds is 2. The molecule has 0 aliphatic heterocycles. The molecule has 3 rings (SSSR count). The van der Waals surface area contributed by atoms with E-state index in [0.717, 1.165) is 18.2 Å². The molecule has 0 atom stereocenters. The van der Waals surface area contributed by atoms with Crippen LogP contribution < -0.4 is 0 Å². The molecule has 8 heteroatoms. The highest BCUT2D eigenvalue weighted by Crippen LogP contribution is 2.24. The van der Waals surface area contributed by atoms with Crippen LogP contribution in [0.1, 0.15) is 5.69 Å². The molecule has 3 aromatic rings. The van der Waals surface area contributed by atoms with Crippen molar-refractivity contribution in [3.05, 3.63) is 41.7 Å². The number of nitriles is 1. The molecule has 1 aromatic carbocycles. The first-order valence-electron chi connectivity index (χ1n) is 5.41. The van der Waals surface area contributed by atoms with Gasteiger partial charge in [0.15, 0.2) is 0 Å². The Morgan fingerprint density at radius 1 is 1.20 bits per heavy atom. The highest BCUT2D eigenvalue weighted by atomic mass is 19.1. The number of nitrogens with one attached hydrogen (secondary N) is 1. The first-order valence-corrected chi connectivity index (χ1v) is 5.41. The standard InChI is InChI=1S/C12H5F2N5O/c13-7-1-6(2-8(14)3-7)11-17-12(20-19-11)9-5-16-18-10(9)4-15/h1-3,5H,(H,16,18). The van der Waals surface area contributed by atoms with E-state index in [1.54, 1.807) is 0 Å². The minimum atomic E-state index is -0.743. The van der Waals surface area contributed by atoms with E-state index in [2.05, 4.69) is 20.3 Å². The molecule has 0 fully saturated rings. The number of hydrogen-bond donors (Lipinski definition) is 1. The van der Waals surface area contributed by atoms with E-state index in [0.29, 0.717) is 5.56 Å². The van der Waals surface area contributed by atoms with E-state index in [9.17, 15) is 8.78 Å². The Hall–Kier alpha value is -3.08.